The zero-order valence-corrected chi connectivity index (χ0v) is 13.7. The van der Waals surface area contributed by atoms with Crippen molar-refractivity contribution in [2.75, 3.05) is 13.2 Å². The number of benzene rings is 1. The van der Waals surface area contributed by atoms with Gasteiger partial charge >= 0.3 is 6.18 Å². The van der Waals surface area contributed by atoms with Crippen molar-refractivity contribution in [1.29, 1.82) is 0 Å². The van der Waals surface area contributed by atoms with Crippen LogP contribution in [-0.4, -0.2) is 22.6 Å². The fraction of sp³-hybridized carbons (Fsp3) is 0.267. The Morgan fingerprint density at radius 1 is 1.25 bits per heavy atom. The van der Waals surface area contributed by atoms with Crippen LogP contribution in [0, 0.1) is 0 Å². The molecule has 0 spiro atoms. The second-order valence-corrected chi connectivity index (χ2v) is 6.99. The molecule has 0 saturated carbocycles. The molecular weight excluding hydrogens is 361 g/mol. The molecule has 3 aromatic rings. The Morgan fingerprint density at radius 3 is 2.79 bits per heavy atom. The Balaban J connectivity index is 1.72. The molecule has 0 amide bonds. The number of nitrogens with zero attached hydrogens (tertiary/aromatic N) is 2. The number of thiazole rings is 1. The van der Waals surface area contributed by atoms with Crippen molar-refractivity contribution >= 4 is 28.1 Å². The Morgan fingerprint density at radius 2 is 2.04 bits per heavy atom. The molecule has 1 saturated heterocycles. The van der Waals surface area contributed by atoms with Crippen molar-refractivity contribution in [3.8, 4) is 0 Å². The van der Waals surface area contributed by atoms with E-state index in [9.17, 15) is 13.2 Å². The van der Waals surface area contributed by atoms with E-state index >= 15 is 0 Å². The summed E-state index contributed by atoms with van der Waals surface area (Å²) in [5.41, 5.74) is 0.0367. The first-order valence-corrected chi connectivity index (χ1v) is 8.76. The van der Waals surface area contributed by atoms with E-state index in [-0.39, 0.29) is 0 Å². The van der Waals surface area contributed by atoms with Gasteiger partial charge in [-0.1, -0.05) is 17.8 Å². The van der Waals surface area contributed by atoms with Gasteiger partial charge in [0, 0.05) is 16.5 Å². The van der Waals surface area contributed by atoms with E-state index in [1.54, 1.807) is 6.07 Å². The first-order chi connectivity index (χ1) is 11.5. The minimum atomic E-state index is -4.37. The van der Waals surface area contributed by atoms with Gasteiger partial charge in [0.05, 0.1) is 18.8 Å². The maximum atomic E-state index is 12.9. The zero-order valence-electron chi connectivity index (χ0n) is 12.1. The van der Waals surface area contributed by atoms with E-state index in [4.69, 9.17) is 9.47 Å². The van der Waals surface area contributed by atoms with E-state index in [2.05, 4.69) is 4.98 Å². The van der Waals surface area contributed by atoms with Gasteiger partial charge in [0.25, 0.3) is 0 Å². The largest absolute Gasteiger partial charge is 0.416 e. The summed E-state index contributed by atoms with van der Waals surface area (Å²) in [7, 11) is 0. The summed E-state index contributed by atoms with van der Waals surface area (Å²) in [6.45, 7) is 0.964. The van der Waals surface area contributed by atoms with Crippen molar-refractivity contribution in [3.63, 3.8) is 0 Å². The Bertz CT molecular complexity index is 869. The summed E-state index contributed by atoms with van der Waals surface area (Å²) in [4.78, 5) is 5.72. The van der Waals surface area contributed by atoms with Gasteiger partial charge in [0.1, 0.15) is 10.7 Å². The number of aromatic nitrogens is 2. The van der Waals surface area contributed by atoms with Gasteiger partial charge in [-0.15, -0.1) is 11.3 Å². The zero-order chi connectivity index (χ0) is 16.7. The summed E-state index contributed by atoms with van der Waals surface area (Å²) in [6.07, 6.45) is -3.07. The monoisotopic (exact) mass is 372 g/mol. The normalized spacial score (nSPS) is 16.3. The molecule has 3 heterocycles. The van der Waals surface area contributed by atoms with Crippen molar-refractivity contribution < 1.29 is 22.6 Å². The van der Waals surface area contributed by atoms with Gasteiger partial charge < -0.3 is 9.47 Å². The molecule has 1 fully saturated rings. The molecule has 0 bridgehead atoms. The second-order valence-electron chi connectivity index (χ2n) is 5.06. The molecule has 1 aromatic carbocycles. The molecule has 0 aliphatic carbocycles. The Hall–Kier alpha value is -1.55. The van der Waals surface area contributed by atoms with Crippen LogP contribution < -0.4 is 0 Å². The molecule has 0 N–H and O–H groups in total. The third-order valence-electron chi connectivity index (χ3n) is 3.49. The first-order valence-electron chi connectivity index (χ1n) is 7.06. The summed E-state index contributed by atoms with van der Waals surface area (Å²) in [5.74, 6) is 0. The highest BCUT2D eigenvalue weighted by molar-refractivity contribution is 7.99. The van der Waals surface area contributed by atoms with E-state index in [1.807, 2.05) is 16.0 Å². The van der Waals surface area contributed by atoms with E-state index in [0.717, 1.165) is 17.1 Å². The predicted molar refractivity (Wildman–Crippen MR) is 83.3 cm³/mol. The molecule has 0 unspecified atom stereocenters. The number of rotatable bonds is 3. The fourth-order valence-corrected chi connectivity index (χ4v) is 4.20. The van der Waals surface area contributed by atoms with Gasteiger partial charge in [-0.2, -0.15) is 13.2 Å². The third-order valence-corrected chi connectivity index (χ3v) is 5.23. The maximum absolute atomic E-state index is 12.9. The highest BCUT2D eigenvalue weighted by Gasteiger charge is 2.31. The standard InChI is InChI=1S/C15H11F3N2O2S2/c16-15(17,18)9-2-1-3-10(8-9)24-12-11(13-21-5-6-22-13)20-4-7-23-14(20)19-12/h1-4,7-8,13H,5-6H2. The van der Waals surface area contributed by atoms with Crippen LogP contribution in [0.4, 0.5) is 13.2 Å². The maximum Gasteiger partial charge on any atom is 0.416 e. The molecule has 4 nitrogen and oxygen atoms in total. The SMILES string of the molecule is FC(F)(F)c1cccc(Sc2nc3sccn3c2C2OCCO2)c1. The molecule has 24 heavy (non-hydrogen) atoms. The molecule has 2 aromatic heterocycles. The minimum absolute atomic E-state index is 0.467. The van der Waals surface area contributed by atoms with Crippen LogP contribution in [0.15, 0.2) is 45.8 Å². The molecular formula is C15H11F3N2O2S2. The van der Waals surface area contributed by atoms with Crippen LogP contribution in [0.1, 0.15) is 17.5 Å². The molecule has 4 rings (SSSR count). The van der Waals surface area contributed by atoms with Crippen LogP contribution in [0.3, 0.4) is 0 Å². The molecule has 126 valence electrons. The highest BCUT2D eigenvalue weighted by atomic mass is 32.2. The number of imidazole rings is 1. The van der Waals surface area contributed by atoms with Crippen LogP contribution in [0.25, 0.3) is 4.96 Å². The van der Waals surface area contributed by atoms with Gasteiger partial charge in [-0.3, -0.25) is 4.40 Å². The average Bonchev–Trinajstić information content (AvgIpc) is 3.23. The summed E-state index contributed by atoms with van der Waals surface area (Å²) < 4.78 is 51.6. The predicted octanol–water partition coefficient (Wildman–Crippen LogP) is 4.61. The number of alkyl halides is 3. The topological polar surface area (TPSA) is 35.8 Å². The van der Waals surface area contributed by atoms with Gasteiger partial charge in [-0.25, -0.2) is 4.98 Å². The third kappa shape index (κ3) is 2.92. The molecule has 0 radical (unpaired) electrons. The Labute approximate surface area is 143 Å². The Kier molecular flexibility index (Phi) is 4.03. The number of halogens is 3. The molecule has 0 atom stereocenters. The number of fused-ring (bicyclic) bond motifs is 1. The fourth-order valence-electron chi connectivity index (χ4n) is 2.44. The van der Waals surface area contributed by atoms with E-state index < -0.39 is 18.0 Å². The van der Waals surface area contributed by atoms with E-state index in [1.165, 1.54) is 29.2 Å². The smallest absolute Gasteiger partial charge is 0.345 e. The van der Waals surface area contributed by atoms with Crippen LogP contribution in [0.2, 0.25) is 0 Å². The summed E-state index contributed by atoms with van der Waals surface area (Å²) in [6, 6.07) is 5.21. The minimum Gasteiger partial charge on any atom is -0.345 e. The summed E-state index contributed by atoms with van der Waals surface area (Å²) in [5, 5.41) is 2.48. The lowest BCUT2D eigenvalue weighted by atomic mass is 10.2. The lowest BCUT2D eigenvalue weighted by Crippen LogP contribution is -2.05. The van der Waals surface area contributed by atoms with Crippen molar-refractivity contribution in [2.24, 2.45) is 0 Å². The quantitative estimate of drug-likeness (QED) is 0.673. The van der Waals surface area contributed by atoms with Crippen molar-refractivity contribution in [2.45, 2.75) is 22.4 Å². The van der Waals surface area contributed by atoms with Crippen LogP contribution >= 0.6 is 23.1 Å². The lowest BCUT2D eigenvalue weighted by molar-refractivity contribution is -0.137. The average molecular weight is 372 g/mol. The lowest BCUT2D eigenvalue weighted by Gasteiger charge is -2.11. The number of hydrogen-bond acceptors (Lipinski definition) is 5. The number of hydrogen-bond donors (Lipinski definition) is 0. The second kappa shape index (κ2) is 6.07. The van der Waals surface area contributed by atoms with Crippen molar-refractivity contribution in [3.05, 3.63) is 47.1 Å². The van der Waals surface area contributed by atoms with E-state index in [0.29, 0.717) is 28.8 Å². The van der Waals surface area contributed by atoms with Crippen molar-refractivity contribution in [1.82, 2.24) is 9.38 Å². The first kappa shape index (κ1) is 15.9. The van der Waals surface area contributed by atoms with Gasteiger partial charge in [-0.05, 0) is 18.2 Å². The molecule has 1 aliphatic rings. The highest BCUT2D eigenvalue weighted by Crippen LogP contribution is 2.39. The molecule has 9 heteroatoms. The van der Waals surface area contributed by atoms with Crippen LogP contribution in [-0.2, 0) is 15.7 Å². The number of ether oxygens (including phenoxy) is 2. The summed E-state index contributed by atoms with van der Waals surface area (Å²) >= 11 is 2.62. The van der Waals surface area contributed by atoms with Gasteiger partial charge in [0.2, 0.25) is 6.29 Å². The molecule has 1 aliphatic heterocycles. The van der Waals surface area contributed by atoms with Crippen LogP contribution in [0.5, 0.6) is 0 Å². The van der Waals surface area contributed by atoms with Gasteiger partial charge in [0.15, 0.2) is 4.96 Å².